The first-order valence-corrected chi connectivity index (χ1v) is 8.63. The number of rotatable bonds is 6. The van der Waals surface area contributed by atoms with Gasteiger partial charge in [-0.3, -0.25) is 4.79 Å². The molecule has 6 heteroatoms. The highest BCUT2D eigenvalue weighted by atomic mass is 16.5. The van der Waals surface area contributed by atoms with Crippen LogP contribution in [0.4, 0.5) is 0 Å². The summed E-state index contributed by atoms with van der Waals surface area (Å²) in [6.45, 7) is 0.510. The summed E-state index contributed by atoms with van der Waals surface area (Å²) in [5.74, 6) is 1.02. The Kier molecular flexibility index (Phi) is 7.39. The van der Waals surface area contributed by atoms with Crippen molar-refractivity contribution in [3.8, 4) is 5.75 Å². The second-order valence-corrected chi connectivity index (χ2v) is 6.16. The molecular formula is C18H28N4O2. The van der Waals surface area contributed by atoms with Crippen molar-refractivity contribution in [1.29, 1.82) is 0 Å². The molecule has 0 spiro atoms. The maximum absolute atomic E-state index is 11.9. The zero-order chi connectivity index (χ0) is 17.2. The Morgan fingerprint density at radius 1 is 1.21 bits per heavy atom. The van der Waals surface area contributed by atoms with Gasteiger partial charge >= 0.3 is 0 Å². The molecule has 0 radical (unpaired) electrons. The van der Waals surface area contributed by atoms with Crippen LogP contribution in [0.25, 0.3) is 0 Å². The van der Waals surface area contributed by atoms with Gasteiger partial charge in [0.15, 0.2) is 5.96 Å². The Morgan fingerprint density at radius 3 is 2.50 bits per heavy atom. The molecule has 1 aromatic carbocycles. The van der Waals surface area contributed by atoms with Gasteiger partial charge in [0.05, 0.1) is 7.11 Å². The molecule has 0 saturated heterocycles. The molecule has 2 rings (SSSR count). The number of methoxy groups -OCH3 is 1. The Hall–Kier alpha value is -2.24. The summed E-state index contributed by atoms with van der Waals surface area (Å²) in [6.07, 6.45) is 7.30. The average molecular weight is 332 g/mol. The van der Waals surface area contributed by atoms with Gasteiger partial charge in [0.1, 0.15) is 12.3 Å². The van der Waals surface area contributed by atoms with Gasteiger partial charge in [-0.1, -0.05) is 37.8 Å². The fourth-order valence-corrected chi connectivity index (χ4v) is 2.84. The van der Waals surface area contributed by atoms with E-state index in [4.69, 9.17) is 10.5 Å². The average Bonchev–Trinajstić information content (AvgIpc) is 2.87. The van der Waals surface area contributed by atoms with Crippen LogP contribution in [0.5, 0.6) is 5.75 Å². The van der Waals surface area contributed by atoms with Crippen molar-refractivity contribution < 1.29 is 9.53 Å². The summed E-state index contributed by atoms with van der Waals surface area (Å²) < 4.78 is 5.10. The molecule has 1 aliphatic rings. The van der Waals surface area contributed by atoms with Crippen molar-refractivity contribution in [1.82, 2.24) is 10.6 Å². The molecule has 1 aromatic rings. The third-order valence-electron chi connectivity index (χ3n) is 4.25. The van der Waals surface area contributed by atoms with Gasteiger partial charge in [0.25, 0.3) is 0 Å². The monoisotopic (exact) mass is 332 g/mol. The minimum atomic E-state index is -0.142. The summed E-state index contributed by atoms with van der Waals surface area (Å²) in [5, 5.41) is 6.07. The second-order valence-electron chi connectivity index (χ2n) is 6.16. The number of hydrogen-bond donors (Lipinski definition) is 3. The van der Waals surface area contributed by atoms with Crippen LogP contribution in [0.3, 0.4) is 0 Å². The van der Waals surface area contributed by atoms with Gasteiger partial charge in [-0.25, -0.2) is 4.99 Å². The lowest BCUT2D eigenvalue weighted by molar-refractivity contribution is -0.119. The largest absolute Gasteiger partial charge is 0.497 e. The van der Waals surface area contributed by atoms with E-state index in [1.54, 1.807) is 7.11 Å². The van der Waals surface area contributed by atoms with Crippen LogP contribution in [-0.2, 0) is 11.3 Å². The van der Waals surface area contributed by atoms with E-state index in [0.29, 0.717) is 18.5 Å². The molecule has 24 heavy (non-hydrogen) atoms. The normalized spacial score (nSPS) is 16.3. The number of nitrogens with one attached hydrogen (secondary N) is 2. The van der Waals surface area contributed by atoms with Gasteiger partial charge < -0.3 is 21.1 Å². The van der Waals surface area contributed by atoms with E-state index < -0.39 is 0 Å². The van der Waals surface area contributed by atoms with E-state index in [9.17, 15) is 4.79 Å². The number of benzene rings is 1. The molecule has 0 aromatic heterocycles. The van der Waals surface area contributed by atoms with Crippen LogP contribution in [0.15, 0.2) is 29.3 Å². The van der Waals surface area contributed by atoms with E-state index in [1.807, 2.05) is 24.3 Å². The first-order valence-electron chi connectivity index (χ1n) is 8.63. The first-order chi connectivity index (χ1) is 11.7. The fourth-order valence-electron chi connectivity index (χ4n) is 2.84. The Morgan fingerprint density at radius 2 is 1.88 bits per heavy atom. The van der Waals surface area contributed by atoms with Crippen LogP contribution in [0, 0.1) is 0 Å². The maximum atomic E-state index is 11.9. The number of hydrogen-bond acceptors (Lipinski definition) is 3. The number of ether oxygens (including phenoxy) is 1. The van der Waals surface area contributed by atoms with Gasteiger partial charge in [-0.15, -0.1) is 0 Å². The predicted octanol–water partition coefficient (Wildman–Crippen LogP) is 1.94. The number of carbonyl (C=O) groups excluding carboxylic acids is 1. The topological polar surface area (TPSA) is 88.7 Å². The summed E-state index contributed by atoms with van der Waals surface area (Å²) in [7, 11) is 1.63. The Balaban J connectivity index is 1.70. The molecule has 1 aliphatic carbocycles. The van der Waals surface area contributed by atoms with Crippen LogP contribution in [0.1, 0.15) is 44.1 Å². The predicted molar refractivity (Wildman–Crippen MR) is 96.0 cm³/mol. The van der Waals surface area contributed by atoms with Crippen LogP contribution in [-0.4, -0.2) is 31.6 Å². The standard InChI is InChI=1S/C18H28N4O2/c1-24-16-10-8-14(9-11-16)12-20-17(23)13-21-18(19)22-15-6-4-2-3-5-7-15/h8-11,15H,2-7,12-13H2,1H3,(H,20,23)(H3,19,21,22). The maximum Gasteiger partial charge on any atom is 0.242 e. The lowest BCUT2D eigenvalue weighted by Crippen LogP contribution is -2.40. The van der Waals surface area contributed by atoms with Crippen molar-refractivity contribution in [2.75, 3.05) is 13.7 Å². The highest BCUT2D eigenvalue weighted by Gasteiger charge is 2.12. The van der Waals surface area contributed by atoms with Crippen molar-refractivity contribution >= 4 is 11.9 Å². The van der Waals surface area contributed by atoms with E-state index in [2.05, 4.69) is 15.6 Å². The zero-order valence-corrected chi connectivity index (χ0v) is 14.4. The molecular weight excluding hydrogens is 304 g/mol. The Labute approximate surface area is 143 Å². The molecule has 4 N–H and O–H groups in total. The van der Waals surface area contributed by atoms with E-state index >= 15 is 0 Å². The van der Waals surface area contributed by atoms with Crippen LogP contribution < -0.4 is 21.1 Å². The molecule has 1 amide bonds. The number of aliphatic imine (C=N–C) groups is 1. The lowest BCUT2D eigenvalue weighted by Gasteiger charge is -2.16. The molecule has 132 valence electrons. The second kappa shape index (κ2) is 9.80. The van der Waals surface area contributed by atoms with Gasteiger partial charge in [-0.2, -0.15) is 0 Å². The van der Waals surface area contributed by atoms with Gasteiger partial charge in [0, 0.05) is 12.6 Å². The SMILES string of the molecule is COc1ccc(CNC(=O)CN=C(N)NC2CCCCCC2)cc1. The number of nitrogens with two attached hydrogens (primary N) is 1. The molecule has 0 aliphatic heterocycles. The summed E-state index contributed by atoms with van der Waals surface area (Å²) in [6, 6.07) is 7.97. The molecule has 0 bridgehead atoms. The van der Waals surface area contributed by atoms with Crippen LogP contribution >= 0.6 is 0 Å². The highest BCUT2D eigenvalue weighted by molar-refractivity contribution is 5.84. The van der Waals surface area contributed by atoms with Crippen molar-refractivity contribution in [3.05, 3.63) is 29.8 Å². The van der Waals surface area contributed by atoms with Gasteiger partial charge in [-0.05, 0) is 30.5 Å². The summed E-state index contributed by atoms with van der Waals surface area (Å²) >= 11 is 0. The third kappa shape index (κ3) is 6.48. The van der Waals surface area contributed by atoms with Crippen molar-refractivity contribution in [3.63, 3.8) is 0 Å². The third-order valence-corrected chi connectivity index (χ3v) is 4.25. The molecule has 0 heterocycles. The first kappa shape index (κ1) is 18.1. The molecule has 0 unspecified atom stereocenters. The zero-order valence-electron chi connectivity index (χ0n) is 14.4. The fraction of sp³-hybridized carbons (Fsp3) is 0.556. The number of guanidine groups is 1. The van der Waals surface area contributed by atoms with E-state index in [1.165, 1.54) is 25.7 Å². The lowest BCUT2D eigenvalue weighted by atomic mass is 10.1. The van der Waals surface area contributed by atoms with Crippen molar-refractivity contribution in [2.45, 2.75) is 51.1 Å². The molecule has 0 atom stereocenters. The van der Waals surface area contributed by atoms with Crippen molar-refractivity contribution in [2.24, 2.45) is 10.7 Å². The minimum absolute atomic E-state index is 0.0434. The highest BCUT2D eigenvalue weighted by Crippen LogP contribution is 2.16. The molecule has 6 nitrogen and oxygen atoms in total. The van der Waals surface area contributed by atoms with E-state index in [-0.39, 0.29) is 12.5 Å². The quantitative estimate of drug-likeness (QED) is 0.422. The Bertz CT molecular complexity index is 534. The molecule has 1 fully saturated rings. The van der Waals surface area contributed by atoms with Crippen LogP contribution in [0.2, 0.25) is 0 Å². The van der Waals surface area contributed by atoms with E-state index in [0.717, 1.165) is 24.2 Å². The number of carbonyl (C=O) groups is 1. The summed E-state index contributed by atoms with van der Waals surface area (Å²) in [4.78, 5) is 16.0. The smallest absolute Gasteiger partial charge is 0.242 e. The van der Waals surface area contributed by atoms with Gasteiger partial charge in [0.2, 0.25) is 5.91 Å². The summed E-state index contributed by atoms with van der Waals surface area (Å²) in [5.41, 5.74) is 6.90. The number of nitrogens with zero attached hydrogens (tertiary/aromatic N) is 1. The minimum Gasteiger partial charge on any atom is -0.497 e. The number of amides is 1. The molecule has 1 saturated carbocycles.